The summed E-state index contributed by atoms with van der Waals surface area (Å²) in [4.78, 5) is 26.3. The van der Waals surface area contributed by atoms with Gasteiger partial charge in [0, 0.05) is 13.6 Å². The fourth-order valence-corrected chi connectivity index (χ4v) is 2.42. The van der Waals surface area contributed by atoms with Crippen LogP contribution in [0, 0.1) is 11.3 Å². The summed E-state index contributed by atoms with van der Waals surface area (Å²) in [6.07, 6.45) is 0. The number of hydrogen-bond donors (Lipinski definition) is 0. The van der Waals surface area contributed by atoms with Crippen molar-refractivity contribution < 1.29 is 4.79 Å². The van der Waals surface area contributed by atoms with Gasteiger partial charge in [-0.15, -0.1) is 5.10 Å². The highest BCUT2D eigenvalue weighted by Gasteiger charge is 2.13. The molecule has 0 N–H and O–H groups in total. The van der Waals surface area contributed by atoms with E-state index in [-0.39, 0.29) is 18.0 Å². The van der Waals surface area contributed by atoms with Crippen molar-refractivity contribution in [3.8, 4) is 6.07 Å². The lowest BCUT2D eigenvalue weighted by Gasteiger charge is -2.17. The van der Waals surface area contributed by atoms with Gasteiger partial charge in [-0.3, -0.25) is 9.59 Å². The molecule has 2 aromatic carbocycles. The lowest BCUT2D eigenvalue weighted by atomic mass is 10.1. The number of carbonyl (C=O) groups is 1. The first-order valence-electron chi connectivity index (χ1n) is 7.64. The summed E-state index contributed by atoms with van der Waals surface area (Å²) >= 11 is 0. The zero-order valence-electron chi connectivity index (χ0n) is 13.6. The van der Waals surface area contributed by atoms with Gasteiger partial charge < -0.3 is 4.90 Å². The lowest BCUT2D eigenvalue weighted by Crippen LogP contribution is -2.35. The van der Waals surface area contributed by atoms with Crippen LogP contribution in [0.4, 0.5) is 0 Å². The Balaban J connectivity index is 1.74. The van der Waals surface area contributed by atoms with Crippen molar-refractivity contribution in [2.75, 3.05) is 7.05 Å². The molecule has 7 heteroatoms. The van der Waals surface area contributed by atoms with E-state index in [1.807, 2.05) is 6.07 Å². The largest absolute Gasteiger partial charge is 0.340 e. The molecule has 0 saturated heterocycles. The quantitative estimate of drug-likeness (QED) is 0.718. The molecule has 1 heterocycles. The Hall–Kier alpha value is -3.53. The Bertz CT molecular complexity index is 1020. The highest BCUT2D eigenvalue weighted by Crippen LogP contribution is 2.07. The lowest BCUT2D eigenvalue weighted by molar-refractivity contribution is -0.131. The van der Waals surface area contributed by atoms with Crippen molar-refractivity contribution in [3.05, 3.63) is 70.0 Å². The molecular formula is C18H15N5O2. The van der Waals surface area contributed by atoms with Crippen LogP contribution in [0.25, 0.3) is 10.9 Å². The second-order valence-electron chi connectivity index (χ2n) is 5.63. The zero-order valence-corrected chi connectivity index (χ0v) is 13.6. The molecule has 0 saturated carbocycles. The molecule has 0 unspecified atom stereocenters. The minimum atomic E-state index is -0.342. The van der Waals surface area contributed by atoms with Crippen LogP contribution in [-0.4, -0.2) is 32.8 Å². The van der Waals surface area contributed by atoms with Crippen molar-refractivity contribution in [2.45, 2.75) is 13.1 Å². The van der Waals surface area contributed by atoms with Crippen molar-refractivity contribution >= 4 is 16.8 Å². The van der Waals surface area contributed by atoms with Crippen LogP contribution < -0.4 is 5.56 Å². The third-order valence-electron chi connectivity index (χ3n) is 3.84. The van der Waals surface area contributed by atoms with Crippen molar-refractivity contribution in [2.24, 2.45) is 0 Å². The molecule has 1 aromatic heterocycles. The van der Waals surface area contributed by atoms with Crippen molar-refractivity contribution in [1.29, 1.82) is 5.26 Å². The molecule has 25 heavy (non-hydrogen) atoms. The van der Waals surface area contributed by atoms with E-state index in [1.54, 1.807) is 55.6 Å². The average Bonchev–Trinajstić information content (AvgIpc) is 2.64. The normalized spacial score (nSPS) is 10.4. The van der Waals surface area contributed by atoms with Gasteiger partial charge in [-0.25, -0.2) is 4.68 Å². The summed E-state index contributed by atoms with van der Waals surface area (Å²) in [5, 5.41) is 17.0. The third-order valence-corrected chi connectivity index (χ3v) is 3.84. The molecular weight excluding hydrogens is 318 g/mol. The van der Waals surface area contributed by atoms with Crippen LogP contribution in [-0.2, 0) is 17.9 Å². The van der Waals surface area contributed by atoms with Crippen LogP contribution in [0.3, 0.4) is 0 Å². The molecule has 7 nitrogen and oxygen atoms in total. The number of nitrogens with zero attached hydrogens (tertiary/aromatic N) is 5. The van der Waals surface area contributed by atoms with E-state index in [1.165, 1.54) is 4.90 Å². The number of amides is 1. The number of fused-ring (bicyclic) bond motifs is 1. The number of nitriles is 1. The van der Waals surface area contributed by atoms with E-state index in [0.717, 1.165) is 10.2 Å². The van der Waals surface area contributed by atoms with Gasteiger partial charge in [0.1, 0.15) is 12.1 Å². The molecule has 0 aliphatic rings. The maximum atomic E-state index is 12.4. The maximum Gasteiger partial charge on any atom is 0.278 e. The first-order chi connectivity index (χ1) is 12.1. The summed E-state index contributed by atoms with van der Waals surface area (Å²) < 4.78 is 1.07. The number of carbonyl (C=O) groups excluding carboxylic acids is 1. The Morgan fingerprint density at radius 1 is 1.20 bits per heavy atom. The molecule has 1 amide bonds. The Kier molecular flexibility index (Phi) is 4.53. The first kappa shape index (κ1) is 16.3. The second-order valence-corrected chi connectivity index (χ2v) is 5.63. The minimum Gasteiger partial charge on any atom is -0.340 e. The predicted molar refractivity (Wildman–Crippen MR) is 91.4 cm³/mol. The smallest absolute Gasteiger partial charge is 0.278 e. The SMILES string of the molecule is CN(Cc1ccc(C#N)cc1)C(=O)Cn1nnc2ccccc2c1=O. The molecule has 0 aliphatic heterocycles. The highest BCUT2D eigenvalue weighted by atomic mass is 16.2. The molecule has 3 aromatic rings. The second kappa shape index (κ2) is 6.93. The van der Waals surface area contributed by atoms with Gasteiger partial charge in [0.05, 0.1) is 17.0 Å². The monoisotopic (exact) mass is 333 g/mol. The van der Waals surface area contributed by atoms with Crippen LogP contribution in [0.5, 0.6) is 0 Å². The van der Waals surface area contributed by atoms with Gasteiger partial charge in [0.25, 0.3) is 5.56 Å². The van der Waals surface area contributed by atoms with Gasteiger partial charge in [0.15, 0.2) is 0 Å². The number of likely N-dealkylation sites (N-methyl/N-ethyl adjacent to an activating group) is 1. The standard InChI is InChI=1S/C18H15N5O2/c1-22(11-14-8-6-13(10-19)7-9-14)17(24)12-23-18(25)15-4-2-3-5-16(15)20-21-23/h2-9H,11-12H2,1H3. The Labute approximate surface area is 143 Å². The van der Waals surface area contributed by atoms with Crippen LogP contribution in [0.1, 0.15) is 11.1 Å². The maximum absolute atomic E-state index is 12.4. The van der Waals surface area contributed by atoms with Gasteiger partial charge in [-0.1, -0.05) is 29.5 Å². The third kappa shape index (κ3) is 3.53. The summed E-state index contributed by atoms with van der Waals surface area (Å²) in [5.41, 5.74) is 1.62. The van der Waals surface area contributed by atoms with E-state index >= 15 is 0 Å². The summed E-state index contributed by atoms with van der Waals surface area (Å²) in [7, 11) is 1.65. The summed E-state index contributed by atoms with van der Waals surface area (Å²) in [5.74, 6) is -0.254. The molecule has 0 aliphatic carbocycles. The highest BCUT2D eigenvalue weighted by molar-refractivity contribution is 5.78. The van der Waals surface area contributed by atoms with Crippen LogP contribution in [0.2, 0.25) is 0 Å². The van der Waals surface area contributed by atoms with Gasteiger partial charge in [-0.2, -0.15) is 5.26 Å². The number of hydrogen-bond acceptors (Lipinski definition) is 5. The average molecular weight is 333 g/mol. The summed E-state index contributed by atoms with van der Waals surface area (Å²) in [6, 6.07) is 15.9. The van der Waals surface area contributed by atoms with E-state index in [2.05, 4.69) is 10.3 Å². The van der Waals surface area contributed by atoms with Crippen LogP contribution >= 0.6 is 0 Å². The van der Waals surface area contributed by atoms with Crippen molar-refractivity contribution in [1.82, 2.24) is 19.9 Å². The number of aromatic nitrogens is 3. The molecule has 0 atom stereocenters. The summed E-state index contributed by atoms with van der Waals surface area (Å²) in [6.45, 7) is 0.198. The predicted octanol–water partition coefficient (Wildman–Crippen LogP) is 1.32. The molecule has 0 radical (unpaired) electrons. The minimum absolute atomic E-state index is 0.177. The van der Waals surface area contributed by atoms with Gasteiger partial charge in [0.2, 0.25) is 5.91 Å². The molecule has 3 rings (SSSR count). The first-order valence-corrected chi connectivity index (χ1v) is 7.64. The fourth-order valence-electron chi connectivity index (χ4n) is 2.42. The molecule has 0 fully saturated rings. The number of benzene rings is 2. The molecule has 0 bridgehead atoms. The van der Waals surface area contributed by atoms with Crippen LogP contribution in [0.15, 0.2) is 53.3 Å². The number of rotatable bonds is 4. The zero-order chi connectivity index (χ0) is 17.8. The van der Waals surface area contributed by atoms with E-state index in [4.69, 9.17) is 5.26 Å². The fraction of sp³-hybridized carbons (Fsp3) is 0.167. The van der Waals surface area contributed by atoms with Gasteiger partial charge >= 0.3 is 0 Å². The van der Waals surface area contributed by atoms with E-state index < -0.39 is 0 Å². The molecule has 0 spiro atoms. The topological polar surface area (TPSA) is 91.9 Å². The van der Waals surface area contributed by atoms with E-state index in [9.17, 15) is 9.59 Å². The van der Waals surface area contributed by atoms with E-state index in [0.29, 0.717) is 23.0 Å². The Morgan fingerprint density at radius 2 is 1.92 bits per heavy atom. The van der Waals surface area contributed by atoms with Gasteiger partial charge in [-0.05, 0) is 29.8 Å². The molecule has 124 valence electrons. The Morgan fingerprint density at radius 3 is 2.64 bits per heavy atom. The van der Waals surface area contributed by atoms with Crippen molar-refractivity contribution in [3.63, 3.8) is 0 Å².